The Balaban J connectivity index is 4.41. The molecule has 6 heteroatoms. The highest BCUT2D eigenvalue weighted by Crippen LogP contribution is 2.18. The van der Waals surface area contributed by atoms with E-state index >= 15 is 0 Å². The third-order valence-corrected chi connectivity index (χ3v) is 5.51. The number of sulfone groups is 1. The Bertz CT molecular complexity index is 352. The summed E-state index contributed by atoms with van der Waals surface area (Å²) < 4.78 is 21.7. The van der Waals surface area contributed by atoms with E-state index in [0.717, 1.165) is 30.8 Å². The lowest BCUT2D eigenvalue weighted by molar-refractivity contribution is -0.131. The molecule has 0 heterocycles. The van der Waals surface area contributed by atoms with Crippen LogP contribution in [0.3, 0.4) is 0 Å². The number of hydrogen-bond acceptors (Lipinski definition) is 3. The molecule has 0 aromatic heterocycles. The van der Waals surface area contributed by atoms with E-state index in [1.807, 2.05) is 0 Å². The van der Waals surface area contributed by atoms with Gasteiger partial charge in [-0.3, -0.25) is 4.79 Å². The minimum atomic E-state index is -3.38. The number of nitrogens with zero attached hydrogens (tertiary/aromatic N) is 1. The summed E-state index contributed by atoms with van der Waals surface area (Å²) in [6.45, 7) is 3.52. The van der Waals surface area contributed by atoms with E-state index in [-0.39, 0.29) is 5.91 Å². The quantitative estimate of drug-likeness (QED) is 0.529. The van der Waals surface area contributed by atoms with Crippen LogP contribution in [-0.2, 0) is 14.6 Å². The second-order valence-electron chi connectivity index (χ2n) is 4.76. The van der Waals surface area contributed by atoms with E-state index in [1.54, 1.807) is 7.05 Å². The van der Waals surface area contributed by atoms with Crippen LogP contribution in [0.1, 0.15) is 33.1 Å². The fourth-order valence-electron chi connectivity index (χ4n) is 1.34. The summed E-state index contributed by atoms with van der Waals surface area (Å²) in [6.07, 6.45) is 4.09. The molecule has 0 aliphatic heterocycles. The van der Waals surface area contributed by atoms with Crippen molar-refractivity contribution in [2.45, 2.75) is 37.9 Å². The van der Waals surface area contributed by atoms with E-state index in [2.05, 4.69) is 15.9 Å². The predicted octanol–water partition coefficient (Wildman–Crippen LogP) is 1.83. The van der Waals surface area contributed by atoms with Crippen molar-refractivity contribution in [2.75, 3.05) is 25.2 Å². The van der Waals surface area contributed by atoms with Crippen molar-refractivity contribution in [1.82, 2.24) is 4.90 Å². The SMILES string of the molecule is CN(CCCCCBr)C(=O)C(C)(C)S(C)(=O)=O. The monoisotopic (exact) mass is 327 g/mol. The molecule has 0 aromatic rings. The topological polar surface area (TPSA) is 54.5 Å². The lowest BCUT2D eigenvalue weighted by atomic mass is 10.1. The molecule has 0 atom stereocenters. The van der Waals surface area contributed by atoms with Gasteiger partial charge in [0.1, 0.15) is 4.75 Å². The average Bonchev–Trinajstić information content (AvgIpc) is 2.21. The number of rotatable bonds is 7. The second kappa shape index (κ2) is 6.73. The molecule has 0 saturated carbocycles. The molecule has 0 saturated heterocycles. The van der Waals surface area contributed by atoms with Gasteiger partial charge < -0.3 is 4.90 Å². The van der Waals surface area contributed by atoms with E-state index in [1.165, 1.54) is 18.7 Å². The van der Waals surface area contributed by atoms with Gasteiger partial charge in [0.05, 0.1) is 0 Å². The number of amides is 1. The molecule has 0 aromatic carbocycles. The highest BCUT2D eigenvalue weighted by Gasteiger charge is 2.40. The molecule has 17 heavy (non-hydrogen) atoms. The molecule has 4 nitrogen and oxygen atoms in total. The lowest BCUT2D eigenvalue weighted by Gasteiger charge is -2.27. The number of carbonyl (C=O) groups excluding carboxylic acids is 1. The van der Waals surface area contributed by atoms with Crippen molar-refractivity contribution >= 4 is 31.7 Å². The van der Waals surface area contributed by atoms with Gasteiger partial charge in [0.2, 0.25) is 5.91 Å². The van der Waals surface area contributed by atoms with Crippen molar-refractivity contribution in [3.63, 3.8) is 0 Å². The minimum Gasteiger partial charge on any atom is -0.344 e. The molecule has 0 aliphatic rings. The summed E-state index contributed by atoms with van der Waals surface area (Å²) in [4.78, 5) is 13.5. The summed E-state index contributed by atoms with van der Waals surface area (Å²) in [5.74, 6) is -0.334. The maximum Gasteiger partial charge on any atom is 0.243 e. The van der Waals surface area contributed by atoms with Crippen molar-refractivity contribution in [3.8, 4) is 0 Å². The first-order valence-corrected chi connectivity index (χ1v) is 8.67. The van der Waals surface area contributed by atoms with Crippen LogP contribution in [-0.4, -0.2) is 49.2 Å². The first kappa shape index (κ1) is 16.9. The zero-order valence-electron chi connectivity index (χ0n) is 11.0. The van der Waals surface area contributed by atoms with Crippen LogP contribution >= 0.6 is 15.9 Å². The highest BCUT2D eigenvalue weighted by atomic mass is 79.9. The molecule has 0 bridgehead atoms. The molecule has 0 aliphatic carbocycles. The van der Waals surface area contributed by atoms with Gasteiger partial charge >= 0.3 is 0 Å². The second-order valence-corrected chi connectivity index (χ2v) is 8.12. The van der Waals surface area contributed by atoms with E-state index < -0.39 is 14.6 Å². The molecule has 0 N–H and O–H groups in total. The Kier molecular flexibility index (Phi) is 6.69. The maximum atomic E-state index is 12.0. The van der Waals surface area contributed by atoms with Crippen LogP contribution in [0.4, 0.5) is 0 Å². The van der Waals surface area contributed by atoms with Crippen LogP contribution in [0.25, 0.3) is 0 Å². The molecule has 0 fully saturated rings. The fourth-order valence-corrected chi connectivity index (χ4v) is 2.21. The predicted molar refractivity (Wildman–Crippen MR) is 74.2 cm³/mol. The van der Waals surface area contributed by atoms with Crippen molar-refractivity contribution in [1.29, 1.82) is 0 Å². The summed E-state index contributed by atoms with van der Waals surface area (Å²) in [6, 6.07) is 0. The van der Waals surface area contributed by atoms with Crippen molar-refractivity contribution < 1.29 is 13.2 Å². The largest absolute Gasteiger partial charge is 0.344 e. The van der Waals surface area contributed by atoms with Gasteiger partial charge in [0.25, 0.3) is 0 Å². The molecular weight excluding hydrogens is 306 g/mol. The molecule has 0 radical (unpaired) electrons. The number of carbonyl (C=O) groups is 1. The van der Waals surface area contributed by atoms with Crippen molar-refractivity contribution in [3.05, 3.63) is 0 Å². The number of halogens is 1. The van der Waals surface area contributed by atoms with E-state index in [9.17, 15) is 13.2 Å². The zero-order valence-corrected chi connectivity index (χ0v) is 13.4. The highest BCUT2D eigenvalue weighted by molar-refractivity contribution is 9.09. The smallest absolute Gasteiger partial charge is 0.243 e. The third kappa shape index (κ3) is 4.95. The minimum absolute atomic E-state index is 0.334. The molecule has 1 amide bonds. The number of alkyl halides is 1. The van der Waals surface area contributed by atoms with Crippen LogP contribution in [0, 0.1) is 0 Å². The molecule has 102 valence electrons. The van der Waals surface area contributed by atoms with Gasteiger partial charge in [-0.05, 0) is 26.7 Å². The summed E-state index contributed by atoms with van der Waals surface area (Å²) in [5, 5.41) is 0.958. The Labute approximate surface area is 113 Å². The van der Waals surface area contributed by atoms with Crippen LogP contribution in [0.5, 0.6) is 0 Å². The van der Waals surface area contributed by atoms with Gasteiger partial charge in [-0.2, -0.15) is 0 Å². The summed E-state index contributed by atoms with van der Waals surface area (Å²) in [5.41, 5.74) is 0. The fraction of sp³-hybridized carbons (Fsp3) is 0.909. The average molecular weight is 328 g/mol. The van der Waals surface area contributed by atoms with Gasteiger partial charge in [0, 0.05) is 25.2 Å². The molecule has 0 unspecified atom stereocenters. The Morgan fingerprint density at radius 2 is 1.76 bits per heavy atom. The third-order valence-electron chi connectivity index (χ3n) is 2.92. The maximum absolute atomic E-state index is 12.0. The molecule has 0 spiro atoms. The number of hydrogen-bond donors (Lipinski definition) is 0. The van der Waals surface area contributed by atoms with Crippen LogP contribution < -0.4 is 0 Å². The first-order valence-electron chi connectivity index (χ1n) is 5.65. The van der Waals surface area contributed by atoms with Gasteiger partial charge in [-0.25, -0.2) is 8.42 Å². The summed E-state index contributed by atoms with van der Waals surface area (Å²) in [7, 11) is -1.72. The molecular formula is C11H22BrNO3S. The first-order chi connectivity index (χ1) is 7.64. The standard InChI is InChI=1S/C11H22BrNO3S/c1-11(2,17(4,15)16)10(14)13(3)9-7-5-6-8-12/h5-9H2,1-4H3. The Morgan fingerprint density at radius 1 is 1.24 bits per heavy atom. The van der Waals surface area contributed by atoms with Crippen LogP contribution in [0.15, 0.2) is 0 Å². The van der Waals surface area contributed by atoms with E-state index in [4.69, 9.17) is 0 Å². The van der Waals surface area contributed by atoms with Gasteiger partial charge in [-0.1, -0.05) is 22.4 Å². The van der Waals surface area contributed by atoms with Gasteiger partial charge in [-0.15, -0.1) is 0 Å². The summed E-state index contributed by atoms with van der Waals surface area (Å²) >= 11 is 3.34. The van der Waals surface area contributed by atoms with Crippen molar-refractivity contribution in [2.24, 2.45) is 0 Å². The molecule has 0 rings (SSSR count). The van der Waals surface area contributed by atoms with E-state index in [0.29, 0.717) is 6.54 Å². The normalized spacial score (nSPS) is 12.5. The lowest BCUT2D eigenvalue weighted by Crippen LogP contribution is -2.48. The van der Waals surface area contributed by atoms with Crippen LogP contribution in [0.2, 0.25) is 0 Å². The number of unbranched alkanes of at least 4 members (excludes halogenated alkanes) is 2. The Hall–Kier alpha value is -0.100. The van der Waals surface area contributed by atoms with Gasteiger partial charge in [0.15, 0.2) is 9.84 Å². The zero-order chi connectivity index (χ0) is 13.7. The Morgan fingerprint density at radius 3 is 2.18 bits per heavy atom.